The molecule has 0 bridgehead atoms. The molecule has 182 valence electrons. The van der Waals surface area contributed by atoms with Gasteiger partial charge in [-0.1, -0.05) is 78.9 Å². The van der Waals surface area contributed by atoms with Crippen molar-refractivity contribution in [2.24, 2.45) is 5.92 Å². The van der Waals surface area contributed by atoms with Crippen LogP contribution in [0.15, 0.2) is 115 Å². The van der Waals surface area contributed by atoms with Crippen molar-refractivity contribution in [1.82, 2.24) is 4.90 Å². The van der Waals surface area contributed by atoms with Crippen molar-refractivity contribution in [3.05, 3.63) is 126 Å². The van der Waals surface area contributed by atoms with E-state index in [0.717, 1.165) is 54.2 Å². The third kappa shape index (κ3) is 5.27. The molecule has 0 atom stereocenters. The first-order chi connectivity index (χ1) is 17.6. The van der Waals surface area contributed by atoms with Gasteiger partial charge < -0.3 is 20.1 Å². The molecule has 1 saturated heterocycles. The topological polar surface area (TPSA) is 44.7 Å². The van der Waals surface area contributed by atoms with Crippen LogP contribution in [0.25, 0.3) is 0 Å². The Kier molecular flexibility index (Phi) is 7.31. The van der Waals surface area contributed by atoms with Crippen LogP contribution < -0.4 is 10.1 Å². The van der Waals surface area contributed by atoms with Gasteiger partial charge in [0.2, 0.25) is 0 Å². The first-order valence-corrected chi connectivity index (χ1v) is 12.8. The summed E-state index contributed by atoms with van der Waals surface area (Å²) < 4.78 is 5.88. The number of rotatable bonds is 6. The van der Waals surface area contributed by atoms with Crippen LogP contribution in [-0.2, 0) is 5.60 Å². The van der Waals surface area contributed by atoms with Gasteiger partial charge in [0.25, 0.3) is 0 Å². The van der Waals surface area contributed by atoms with E-state index in [9.17, 15) is 5.11 Å². The number of thiocarbonyl (C=S) groups is 1. The molecular weight excluding hydrogens is 464 g/mol. The maximum atomic E-state index is 12.1. The zero-order valence-corrected chi connectivity index (χ0v) is 20.9. The number of hydrogen-bond donors (Lipinski definition) is 2. The molecule has 0 radical (unpaired) electrons. The number of aliphatic hydroxyl groups is 1. The Morgan fingerprint density at radius 1 is 0.722 bits per heavy atom. The zero-order chi connectivity index (χ0) is 24.8. The SMILES string of the molecule is OC(c1ccccc1)(c1ccccc1)C1CCN(C(=S)Nc2ccc(Oc3ccccc3)cc2)CC1. The predicted octanol–water partition coefficient (Wildman–Crippen LogP) is 6.82. The number of hydrogen-bond acceptors (Lipinski definition) is 3. The van der Waals surface area contributed by atoms with Crippen LogP contribution >= 0.6 is 12.2 Å². The summed E-state index contributed by atoms with van der Waals surface area (Å²) in [6.45, 7) is 1.57. The predicted molar refractivity (Wildman–Crippen MR) is 149 cm³/mol. The normalized spacial score (nSPS) is 14.3. The second kappa shape index (κ2) is 10.9. The number of benzene rings is 4. The summed E-state index contributed by atoms with van der Waals surface area (Å²) >= 11 is 5.73. The lowest BCUT2D eigenvalue weighted by Gasteiger charge is -2.43. The van der Waals surface area contributed by atoms with E-state index in [1.807, 2.05) is 115 Å². The average molecular weight is 495 g/mol. The van der Waals surface area contributed by atoms with Gasteiger partial charge in [-0.15, -0.1) is 0 Å². The number of ether oxygens (including phenoxy) is 1. The van der Waals surface area contributed by atoms with Crippen molar-refractivity contribution < 1.29 is 9.84 Å². The maximum absolute atomic E-state index is 12.1. The van der Waals surface area contributed by atoms with Gasteiger partial charge in [-0.2, -0.15) is 0 Å². The average Bonchev–Trinajstić information content (AvgIpc) is 2.95. The minimum Gasteiger partial charge on any atom is -0.457 e. The van der Waals surface area contributed by atoms with Crippen LogP contribution in [-0.4, -0.2) is 28.2 Å². The fourth-order valence-electron chi connectivity index (χ4n) is 4.96. The molecule has 1 aliphatic heterocycles. The molecule has 0 amide bonds. The van der Waals surface area contributed by atoms with Crippen molar-refractivity contribution >= 4 is 23.0 Å². The van der Waals surface area contributed by atoms with Gasteiger partial charge in [-0.3, -0.25) is 0 Å². The van der Waals surface area contributed by atoms with E-state index in [1.54, 1.807) is 0 Å². The van der Waals surface area contributed by atoms with E-state index >= 15 is 0 Å². The molecule has 0 unspecified atom stereocenters. The van der Waals surface area contributed by atoms with Crippen molar-refractivity contribution in [3.63, 3.8) is 0 Å². The number of nitrogens with zero attached hydrogens (tertiary/aromatic N) is 1. The lowest BCUT2D eigenvalue weighted by atomic mass is 9.72. The molecule has 4 aromatic carbocycles. The summed E-state index contributed by atoms with van der Waals surface area (Å²) in [6.07, 6.45) is 1.68. The van der Waals surface area contributed by atoms with Crippen LogP contribution in [0, 0.1) is 5.92 Å². The van der Waals surface area contributed by atoms with Gasteiger partial charge in [-0.25, -0.2) is 0 Å². The number of anilines is 1. The molecule has 1 heterocycles. The van der Waals surface area contributed by atoms with Gasteiger partial charge in [0.05, 0.1) is 0 Å². The Morgan fingerprint density at radius 2 is 1.19 bits per heavy atom. The second-order valence-corrected chi connectivity index (χ2v) is 9.52. The highest BCUT2D eigenvalue weighted by Gasteiger charge is 2.41. The first kappa shape index (κ1) is 24.0. The molecule has 5 rings (SSSR count). The molecule has 4 nitrogen and oxygen atoms in total. The van der Waals surface area contributed by atoms with Crippen LogP contribution in [0.3, 0.4) is 0 Å². The van der Waals surface area contributed by atoms with Gasteiger partial charge in [-0.05, 0) is 78.5 Å². The number of likely N-dealkylation sites (tertiary alicyclic amines) is 1. The molecule has 0 aromatic heterocycles. The molecule has 1 fully saturated rings. The van der Waals surface area contributed by atoms with Crippen LogP contribution in [0.5, 0.6) is 11.5 Å². The summed E-state index contributed by atoms with van der Waals surface area (Å²) in [7, 11) is 0. The Balaban J connectivity index is 1.22. The van der Waals surface area contributed by atoms with Gasteiger partial charge in [0.1, 0.15) is 17.1 Å². The molecule has 5 heteroatoms. The minimum absolute atomic E-state index is 0.0933. The molecule has 0 aliphatic carbocycles. The summed E-state index contributed by atoms with van der Waals surface area (Å²) in [5.41, 5.74) is 1.77. The highest BCUT2D eigenvalue weighted by atomic mass is 32.1. The number of nitrogens with one attached hydrogen (secondary N) is 1. The van der Waals surface area contributed by atoms with Crippen molar-refractivity contribution in [1.29, 1.82) is 0 Å². The fraction of sp³-hybridized carbons (Fsp3) is 0.194. The molecule has 0 spiro atoms. The smallest absolute Gasteiger partial charge is 0.173 e. The Bertz CT molecular complexity index is 1220. The minimum atomic E-state index is -1.03. The van der Waals surface area contributed by atoms with E-state index < -0.39 is 5.60 Å². The summed E-state index contributed by atoms with van der Waals surface area (Å²) in [5, 5.41) is 16.2. The van der Waals surface area contributed by atoms with E-state index in [0.29, 0.717) is 5.11 Å². The first-order valence-electron chi connectivity index (χ1n) is 12.4. The van der Waals surface area contributed by atoms with Crippen molar-refractivity contribution in [3.8, 4) is 11.5 Å². The molecule has 0 saturated carbocycles. The van der Waals surface area contributed by atoms with Crippen LogP contribution in [0.1, 0.15) is 24.0 Å². The summed E-state index contributed by atoms with van der Waals surface area (Å²) in [5.74, 6) is 1.68. The van der Waals surface area contributed by atoms with Gasteiger partial charge in [0.15, 0.2) is 5.11 Å². The molecule has 36 heavy (non-hydrogen) atoms. The third-order valence-electron chi connectivity index (χ3n) is 6.89. The quantitative estimate of drug-likeness (QED) is 0.288. The van der Waals surface area contributed by atoms with E-state index in [2.05, 4.69) is 10.2 Å². The monoisotopic (exact) mass is 494 g/mol. The lowest BCUT2D eigenvalue weighted by molar-refractivity contribution is -0.00631. The molecule has 1 aliphatic rings. The summed E-state index contributed by atoms with van der Waals surface area (Å²) in [6, 6.07) is 37.6. The maximum Gasteiger partial charge on any atom is 0.173 e. The Morgan fingerprint density at radius 3 is 1.72 bits per heavy atom. The summed E-state index contributed by atoms with van der Waals surface area (Å²) in [4.78, 5) is 2.19. The standard InChI is InChI=1S/C31H30N2O2S/c34-31(24-10-4-1-5-11-24,25-12-6-2-7-13-25)26-20-22-33(23-21-26)30(36)32-27-16-18-29(19-17-27)35-28-14-8-3-9-15-28/h1-19,26,34H,20-23H2,(H,32,36). The second-order valence-electron chi connectivity index (χ2n) is 9.13. The fourth-order valence-corrected chi connectivity index (χ4v) is 5.26. The number of para-hydroxylation sites is 1. The third-order valence-corrected chi connectivity index (χ3v) is 7.25. The van der Waals surface area contributed by atoms with E-state index in [1.165, 1.54) is 0 Å². The van der Waals surface area contributed by atoms with E-state index in [-0.39, 0.29) is 5.92 Å². The van der Waals surface area contributed by atoms with E-state index in [4.69, 9.17) is 17.0 Å². The highest BCUT2D eigenvalue weighted by Crippen LogP contribution is 2.42. The van der Waals surface area contributed by atoms with Gasteiger partial charge in [0, 0.05) is 18.8 Å². The highest BCUT2D eigenvalue weighted by molar-refractivity contribution is 7.80. The van der Waals surface area contributed by atoms with Crippen LogP contribution in [0.4, 0.5) is 5.69 Å². The molecule has 2 N–H and O–H groups in total. The Hall–Kier alpha value is -3.67. The Labute approximate surface area is 218 Å². The van der Waals surface area contributed by atoms with Gasteiger partial charge >= 0.3 is 0 Å². The molecule has 4 aromatic rings. The lowest BCUT2D eigenvalue weighted by Crippen LogP contribution is -2.47. The van der Waals surface area contributed by atoms with Crippen molar-refractivity contribution in [2.45, 2.75) is 18.4 Å². The van der Waals surface area contributed by atoms with Crippen LogP contribution in [0.2, 0.25) is 0 Å². The van der Waals surface area contributed by atoms with Crippen molar-refractivity contribution in [2.75, 3.05) is 18.4 Å². The number of piperidine rings is 1. The molecular formula is C31H30N2O2S. The zero-order valence-electron chi connectivity index (χ0n) is 20.1. The largest absolute Gasteiger partial charge is 0.457 e.